The summed E-state index contributed by atoms with van der Waals surface area (Å²) in [6.07, 6.45) is 4.83. The van der Waals surface area contributed by atoms with Crippen molar-refractivity contribution in [2.75, 3.05) is 7.05 Å². The maximum atomic E-state index is 12.6. The molecule has 0 saturated heterocycles. The minimum atomic E-state index is 0.160. The second kappa shape index (κ2) is 7.20. The first-order valence-electron chi connectivity index (χ1n) is 8.78. The highest BCUT2D eigenvalue weighted by molar-refractivity contribution is 5.79. The SMILES string of the molecule is Cc1noc(C)c1CC(=O)N(C)C1CCC(c2ccccc2)CC1. The molecule has 0 atom stereocenters. The zero-order chi connectivity index (χ0) is 17.1. The van der Waals surface area contributed by atoms with Gasteiger partial charge in [0.25, 0.3) is 0 Å². The van der Waals surface area contributed by atoms with Crippen molar-refractivity contribution in [2.24, 2.45) is 0 Å². The third-order valence-electron chi connectivity index (χ3n) is 5.42. The molecular weight excluding hydrogens is 300 g/mol. The van der Waals surface area contributed by atoms with Gasteiger partial charge in [0.05, 0.1) is 12.1 Å². The Labute approximate surface area is 143 Å². The van der Waals surface area contributed by atoms with Crippen LogP contribution in [0.25, 0.3) is 0 Å². The summed E-state index contributed by atoms with van der Waals surface area (Å²) < 4.78 is 5.16. The topological polar surface area (TPSA) is 46.3 Å². The second-order valence-corrected chi connectivity index (χ2v) is 6.90. The van der Waals surface area contributed by atoms with E-state index >= 15 is 0 Å². The van der Waals surface area contributed by atoms with Gasteiger partial charge >= 0.3 is 0 Å². The number of aromatic nitrogens is 1. The van der Waals surface area contributed by atoms with Gasteiger partial charge in [-0.15, -0.1) is 0 Å². The summed E-state index contributed by atoms with van der Waals surface area (Å²) in [7, 11) is 1.94. The van der Waals surface area contributed by atoms with Gasteiger partial charge in [-0.2, -0.15) is 0 Å². The van der Waals surface area contributed by atoms with Gasteiger partial charge in [0.15, 0.2) is 0 Å². The first-order valence-corrected chi connectivity index (χ1v) is 8.78. The van der Waals surface area contributed by atoms with Crippen molar-refractivity contribution in [3.8, 4) is 0 Å². The van der Waals surface area contributed by atoms with Gasteiger partial charge in [-0.1, -0.05) is 35.5 Å². The molecule has 1 amide bonds. The Morgan fingerprint density at radius 3 is 2.42 bits per heavy atom. The van der Waals surface area contributed by atoms with Crippen molar-refractivity contribution < 1.29 is 9.32 Å². The smallest absolute Gasteiger partial charge is 0.227 e. The van der Waals surface area contributed by atoms with Gasteiger partial charge in [0, 0.05) is 18.7 Å². The number of hydrogen-bond donors (Lipinski definition) is 0. The first kappa shape index (κ1) is 16.7. The second-order valence-electron chi connectivity index (χ2n) is 6.90. The molecule has 1 saturated carbocycles. The van der Waals surface area contributed by atoms with E-state index in [1.54, 1.807) is 0 Å². The highest BCUT2D eigenvalue weighted by Crippen LogP contribution is 2.34. The van der Waals surface area contributed by atoms with Crippen LogP contribution in [0.2, 0.25) is 0 Å². The third-order valence-corrected chi connectivity index (χ3v) is 5.42. The van der Waals surface area contributed by atoms with Gasteiger partial charge in [-0.05, 0) is 51.0 Å². The average molecular weight is 326 g/mol. The molecular formula is C20H26N2O2. The summed E-state index contributed by atoms with van der Waals surface area (Å²) in [4.78, 5) is 14.6. The van der Waals surface area contributed by atoms with Crippen molar-refractivity contribution in [1.82, 2.24) is 10.1 Å². The Morgan fingerprint density at radius 2 is 1.83 bits per heavy atom. The van der Waals surface area contributed by atoms with Crippen LogP contribution in [-0.4, -0.2) is 29.1 Å². The predicted octanol–water partition coefficient (Wildman–Crippen LogP) is 4.02. The van der Waals surface area contributed by atoms with Crippen LogP contribution in [0.4, 0.5) is 0 Å². The molecule has 0 radical (unpaired) electrons. The number of aryl methyl sites for hydroxylation is 2. The number of nitrogens with zero attached hydrogens (tertiary/aromatic N) is 2. The van der Waals surface area contributed by atoms with Crippen LogP contribution in [0, 0.1) is 13.8 Å². The summed E-state index contributed by atoms with van der Waals surface area (Å²) in [5.74, 6) is 1.54. The van der Waals surface area contributed by atoms with Crippen LogP contribution in [0.15, 0.2) is 34.9 Å². The minimum absolute atomic E-state index is 0.160. The lowest BCUT2D eigenvalue weighted by Crippen LogP contribution is -2.40. The molecule has 4 heteroatoms. The Kier molecular flexibility index (Phi) is 5.03. The van der Waals surface area contributed by atoms with E-state index in [-0.39, 0.29) is 5.91 Å². The standard InChI is InChI=1S/C20H26N2O2/c1-14-19(15(2)24-21-14)13-20(23)22(3)18-11-9-17(10-12-18)16-7-5-4-6-8-16/h4-8,17-18H,9-13H2,1-3H3. The largest absolute Gasteiger partial charge is 0.361 e. The Morgan fingerprint density at radius 1 is 1.17 bits per heavy atom. The number of carbonyl (C=O) groups is 1. The minimum Gasteiger partial charge on any atom is -0.361 e. The van der Waals surface area contributed by atoms with Gasteiger partial charge in [-0.25, -0.2) is 0 Å². The monoisotopic (exact) mass is 326 g/mol. The van der Waals surface area contributed by atoms with Gasteiger partial charge in [-0.3, -0.25) is 4.79 Å². The van der Waals surface area contributed by atoms with Gasteiger partial charge in [0.1, 0.15) is 5.76 Å². The predicted molar refractivity (Wildman–Crippen MR) is 93.9 cm³/mol. The van der Waals surface area contributed by atoms with E-state index in [1.165, 1.54) is 5.56 Å². The first-order chi connectivity index (χ1) is 11.6. The highest BCUT2D eigenvalue weighted by atomic mass is 16.5. The van der Waals surface area contributed by atoms with Crippen LogP contribution in [0.1, 0.15) is 54.2 Å². The fourth-order valence-electron chi connectivity index (χ4n) is 3.76. The van der Waals surface area contributed by atoms with E-state index in [0.717, 1.165) is 42.7 Å². The molecule has 4 nitrogen and oxygen atoms in total. The average Bonchev–Trinajstić information content (AvgIpc) is 2.94. The zero-order valence-corrected chi connectivity index (χ0v) is 14.8. The van der Waals surface area contributed by atoms with Crippen molar-refractivity contribution >= 4 is 5.91 Å². The zero-order valence-electron chi connectivity index (χ0n) is 14.8. The third kappa shape index (κ3) is 3.53. The van der Waals surface area contributed by atoms with E-state index in [1.807, 2.05) is 25.8 Å². The number of hydrogen-bond acceptors (Lipinski definition) is 3. The fourth-order valence-corrected chi connectivity index (χ4v) is 3.76. The molecule has 1 aromatic carbocycles. The molecule has 1 aromatic heterocycles. The molecule has 0 N–H and O–H groups in total. The van der Waals surface area contributed by atoms with Crippen molar-refractivity contribution in [3.05, 3.63) is 52.9 Å². The molecule has 0 aliphatic heterocycles. The van der Waals surface area contributed by atoms with E-state index in [2.05, 4.69) is 35.5 Å². The summed E-state index contributed by atoms with van der Waals surface area (Å²) in [5.41, 5.74) is 3.19. The number of benzene rings is 1. The lowest BCUT2D eigenvalue weighted by atomic mass is 9.81. The van der Waals surface area contributed by atoms with Crippen LogP contribution < -0.4 is 0 Å². The van der Waals surface area contributed by atoms with Gasteiger partial charge < -0.3 is 9.42 Å². The Balaban J connectivity index is 1.57. The van der Waals surface area contributed by atoms with E-state index < -0.39 is 0 Å². The van der Waals surface area contributed by atoms with Crippen molar-refractivity contribution in [3.63, 3.8) is 0 Å². The molecule has 1 heterocycles. The molecule has 0 bridgehead atoms. The molecule has 128 valence electrons. The molecule has 24 heavy (non-hydrogen) atoms. The number of likely N-dealkylation sites (N-methyl/N-ethyl adjacent to an activating group) is 1. The van der Waals surface area contributed by atoms with Crippen molar-refractivity contribution in [2.45, 2.75) is 57.9 Å². The summed E-state index contributed by atoms with van der Waals surface area (Å²) >= 11 is 0. The number of rotatable bonds is 4. The maximum absolute atomic E-state index is 12.6. The Bertz CT molecular complexity index is 665. The summed E-state index contributed by atoms with van der Waals surface area (Å²) in [6, 6.07) is 11.1. The highest BCUT2D eigenvalue weighted by Gasteiger charge is 2.28. The molecule has 3 rings (SSSR count). The van der Waals surface area contributed by atoms with Crippen LogP contribution >= 0.6 is 0 Å². The lowest BCUT2D eigenvalue weighted by molar-refractivity contribution is -0.131. The molecule has 1 aliphatic rings. The van der Waals surface area contributed by atoms with Crippen molar-refractivity contribution in [1.29, 1.82) is 0 Å². The van der Waals surface area contributed by atoms with Crippen LogP contribution in [0.5, 0.6) is 0 Å². The van der Waals surface area contributed by atoms with Crippen LogP contribution in [-0.2, 0) is 11.2 Å². The number of amides is 1. The quantitative estimate of drug-likeness (QED) is 0.852. The molecule has 2 aromatic rings. The number of carbonyl (C=O) groups excluding carboxylic acids is 1. The lowest BCUT2D eigenvalue weighted by Gasteiger charge is -2.35. The molecule has 1 aliphatic carbocycles. The summed E-state index contributed by atoms with van der Waals surface area (Å²) in [5, 5.41) is 3.94. The normalized spacial score (nSPS) is 20.8. The molecule has 0 unspecified atom stereocenters. The van der Waals surface area contributed by atoms with E-state index in [9.17, 15) is 4.79 Å². The van der Waals surface area contributed by atoms with Crippen LogP contribution in [0.3, 0.4) is 0 Å². The van der Waals surface area contributed by atoms with Gasteiger partial charge in [0.2, 0.25) is 5.91 Å². The molecule has 1 fully saturated rings. The maximum Gasteiger partial charge on any atom is 0.227 e. The Hall–Kier alpha value is -2.10. The molecule has 0 spiro atoms. The van der Waals surface area contributed by atoms with E-state index in [0.29, 0.717) is 18.4 Å². The summed E-state index contributed by atoms with van der Waals surface area (Å²) in [6.45, 7) is 3.76. The van der Waals surface area contributed by atoms with E-state index in [4.69, 9.17) is 4.52 Å². The fraction of sp³-hybridized carbons (Fsp3) is 0.500.